The molecule has 0 saturated carbocycles. The van der Waals surface area contributed by atoms with Crippen LogP contribution in [0.1, 0.15) is 0 Å². The van der Waals surface area contributed by atoms with Crippen LogP contribution in [0.15, 0.2) is 203 Å². The van der Waals surface area contributed by atoms with Gasteiger partial charge < -0.3 is 8.83 Å². The fourth-order valence-corrected chi connectivity index (χ4v) is 9.24. The van der Waals surface area contributed by atoms with Crippen LogP contribution in [0.2, 0.25) is 0 Å². The molecular formula is C54H32O2. The summed E-state index contributed by atoms with van der Waals surface area (Å²) in [7, 11) is 0. The lowest BCUT2D eigenvalue weighted by Gasteiger charge is -2.18. The van der Waals surface area contributed by atoms with Crippen molar-refractivity contribution in [1.29, 1.82) is 0 Å². The van der Waals surface area contributed by atoms with Crippen LogP contribution in [0.3, 0.4) is 0 Å². The standard InChI is InChI=1S/C54H32O2/c1-2-15-37-33(13-1)31-32-47-52-46(24-12-26-49(52)56-53(37)47)51-42-20-7-5-18-40(42)50(41-19-6-8-21-43(41)51)35-29-27-34(28-30-35)36-14-3-4-16-38(36)44-22-11-23-45-39-17-9-10-25-48(39)55-54(44)45/h1-32H. The van der Waals surface area contributed by atoms with E-state index in [1.807, 2.05) is 12.1 Å². The van der Waals surface area contributed by atoms with E-state index in [1.165, 1.54) is 54.7 Å². The Balaban J connectivity index is 1.04. The molecule has 56 heavy (non-hydrogen) atoms. The van der Waals surface area contributed by atoms with Crippen molar-refractivity contribution in [2.45, 2.75) is 0 Å². The smallest absolute Gasteiger partial charge is 0.143 e. The summed E-state index contributed by atoms with van der Waals surface area (Å²) in [6.07, 6.45) is 0. The first-order valence-electron chi connectivity index (χ1n) is 19.2. The monoisotopic (exact) mass is 712 g/mol. The molecule has 0 amide bonds. The van der Waals surface area contributed by atoms with Crippen molar-refractivity contribution in [1.82, 2.24) is 0 Å². The highest BCUT2D eigenvalue weighted by molar-refractivity contribution is 6.27. The van der Waals surface area contributed by atoms with Gasteiger partial charge >= 0.3 is 0 Å². The topological polar surface area (TPSA) is 26.3 Å². The van der Waals surface area contributed by atoms with Crippen LogP contribution >= 0.6 is 0 Å². The van der Waals surface area contributed by atoms with Crippen molar-refractivity contribution < 1.29 is 8.83 Å². The van der Waals surface area contributed by atoms with E-state index in [9.17, 15) is 0 Å². The number of hydrogen-bond donors (Lipinski definition) is 0. The Bertz CT molecular complexity index is 3470. The average Bonchev–Trinajstić information content (AvgIpc) is 3.85. The highest BCUT2D eigenvalue weighted by atomic mass is 16.3. The number of rotatable bonds is 4. The summed E-state index contributed by atoms with van der Waals surface area (Å²) in [6, 6.07) is 69.7. The van der Waals surface area contributed by atoms with Gasteiger partial charge in [-0.1, -0.05) is 176 Å². The molecule has 2 aromatic heterocycles. The van der Waals surface area contributed by atoms with Crippen LogP contribution in [-0.2, 0) is 0 Å². The molecule has 0 fully saturated rings. The van der Waals surface area contributed by atoms with E-state index >= 15 is 0 Å². The maximum atomic E-state index is 6.66. The van der Waals surface area contributed by atoms with Gasteiger partial charge in [-0.15, -0.1) is 0 Å². The minimum Gasteiger partial charge on any atom is -0.455 e. The van der Waals surface area contributed by atoms with Gasteiger partial charge in [-0.25, -0.2) is 0 Å². The molecule has 0 aliphatic heterocycles. The van der Waals surface area contributed by atoms with Gasteiger partial charge in [0, 0.05) is 32.5 Å². The van der Waals surface area contributed by atoms with Crippen molar-refractivity contribution >= 4 is 76.2 Å². The van der Waals surface area contributed by atoms with Gasteiger partial charge in [-0.3, -0.25) is 0 Å². The lowest BCUT2D eigenvalue weighted by molar-refractivity contribution is 0.670. The second kappa shape index (κ2) is 12.0. The van der Waals surface area contributed by atoms with Crippen molar-refractivity contribution in [2.24, 2.45) is 0 Å². The Labute approximate surface area is 322 Å². The molecule has 12 aromatic rings. The third kappa shape index (κ3) is 4.50. The van der Waals surface area contributed by atoms with Crippen molar-refractivity contribution in [3.63, 3.8) is 0 Å². The number of fused-ring (bicyclic) bond motifs is 10. The van der Waals surface area contributed by atoms with Crippen LogP contribution in [0.4, 0.5) is 0 Å². The number of furan rings is 2. The molecule has 0 aliphatic carbocycles. The summed E-state index contributed by atoms with van der Waals surface area (Å²) in [4.78, 5) is 0. The summed E-state index contributed by atoms with van der Waals surface area (Å²) >= 11 is 0. The fourth-order valence-electron chi connectivity index (χ4n) is 9.24. The van der Waals surface area contributed by atoms with Gasteiger partial charge in [0.1, 0.15) is 22.3 Å². The van der Waals surface area contributed by atoms with Gasteiger partial charge in [0.15, 0.2) is 0 Å². The van der Waals surface area contributed by atoms with Gasteiger partial charge in [0.2, 0.25) is 0 Å². The van der Waals surface area contributed by atoms with Crippen LogP contribution in [-0.4, -0.2) is 0 Å². The van der Waals surface area contributed by atoms with Crippen molar-refractivity contribution in [3.05, 3.63) is 194 Å². The maximum absolute atomic E-state index is 6.66. The minimum absolute atomic E-state index is 0.901. The molecule has 0 radical (unpaired) electrons. The molecule has 0 N–H and O–H groups in total. The molecule has 260 valence electrons. The first-order valence-corrected chi connectivity index (χ1v) is 19.2. The van der Waals surface area contributed by atoms with Gasteiger partial charge in [-0.2, -0.15) is 0 Å². The summed E-state index contributed by atoms with van der Waals surface area (Å²) in [5.74, 6) is 0. The average molecular weight is 713 g/mol. The SMILES string of the molecule is c1ccc(-c2cccc3c2oc2ccccc23)c(-c2ccc(-c3c4ccccc4c(-c4cccc5oc6c7ccccc7ccc6c45)c4ccccc34)cc2)c1. The van der Waals surface area contributed by atoms with Crippen LogP contribution in [0, 0.1) is 0 Å². The zero-order chi connectivity index (χ0) is 36.7. The molecule has 10 aromatic carbocycles. The van der Waals surface area contributed by atoms with E-state index in [-0.39, 0.29) is 0 Å². The van der Waals surface area contributed by atoms with E-state index in [2.05, 4.69) is 182 Å². The molecule has 0 spiro atoms. The Morgan fingerprint density at radius 1 is 0.250 bits per heavy atom. The number of hydrogen-bond acceptors (Lipinski definition) is 2. The Morgan fingerprint density at radius 3 is 1.54 bits per heavy atom. The van der Waals surface area contributed by atoms with E-state index in [0.717, 1.165) is 66.0 Å². The molecule has 2 nitrogen and oxygen atoms in total. The van der Waals surface area contributed by atoms with Gasteiger partial charge in [0.25, 0.3) is 0 Å². The Morgan fingerprint density at radius 2 is 0.768 bits per heavy atom. The summed E-state index contributed by atoms with van der Waals surface area (Å²) in [6.45, 7) is 0. The van der Waals surface area contributed by atoms with Crippen molar-refractivity contribution in [3.8, 4) is 44.5 Å². The lowest BCUT2D eigenvalue weighted by Crippen LogP contribution is -1.91. The molecule has 0 atom stereocenters. The normalized spacial score (nSPS) is 11.9. The van der Waals surface area contributed by atoms with Crippen LogP contribution < -0.4 is 0 Å². The Hall–Kier alpha value is -7.42. The molecule has 0 aliphatic rings. The van der Waals surface area contributed by atoms with E-state index in [4.69, 9.17) is 8.83 Å². The van der Waals surface area contributed by atoms with Gasteiger partial charge in [-0.05, 0) is 84.1 Å². The molecule has 12 rings (SSSR count). The van der Waals surface area contributed by atoms with Gasteiger partial charge in [0.05, 0.1) is 0 Å². The largest absolute Gasteiger partial charge is 0.455 e. The third-order valence-corrected chi connectivity index (χ3v) is 11.7. The fraction of sp³-hybridized carbons (Fsp3) is 0. The molecule has 2 heteroatoms. The molecule has 2 heterocycles. The van der Waals surface area contributed by atoms with Crippen LogP contribution in [0.25, 0.3) is 121 Å². The van der Waals surface area contributed by atoms with E-state index in [1.54, 1.807) is 0 Å². The molecule has 0 bridgehead atoms. The minimum atomic E-state index is 0.901. The quantitative estimate of drug-likeness (QED) is 0.170. The molecular weight excluding hydrogens is 681 g/mol. The van der Waals surface area contributed by atoms with E-state index in [0.29, 0.717) is 0 Å². The summed E-state index contributed by atoms with van der Waals surface area (Å²) in [5, 5.41) is 11.8. The highest BCUT2D eigenvalue weighted by Gasteiger charge is 2.21. The summed E-state index contributed by atoms with van der Waals surface area (Å²) in [5.41, 5.74) is 13.1. The second-order valence-electron chi connectivity index (χ2n) is 14.7. The maximum Gasteiger partial charge on any atom is 0.143 e. The zero-order valence-corrected chi connectivity index (χ0v) is 30.3. The Kier molecular flexibility index (Phi) is 6.66. The zero-order valence-electron chi connectivity index (χ0n) is 30.3. The highest BCUT2D eigenvalue weighted by Crippen LogP contribution is 2.48. The predicted molar refractivity (Wildman–Crippen MR) is 235 cm³/mol. The summed E-state index contributed by atoms with van der Waals surface area (Å²) < 4.78 is 13.1. The predicted octanol–water partition coefficient (Wildman–Crippen LogP) is 15.6. The first-order chi connectivity index (χ1) is 27.8. The number of para-hydroxylation sites is 2. The second-order valence-corrected chi connectivity index (χ2v) is 14.7. The lowest BCUT2D eigenvalue weighted by atomic mass is 9.84. The van der Waals surface area contributed by atoms with E-state index < -0.39 is 0 Å². The van der Waals surface area contributed by atoms with Crippen molar-refractivity contribution in [2.75, 3.05) is 0 Å². The van der Waals surface area contributed by atoms with Crippen LogP contribution in [0.5, 0.6) is 0 Å². The first kappa shape index (κ1) is 31.0. The molecule has 0 unspecified atom stereocenters. The molecule has 0 saturated heterocycles. The third-order valence-electron chi connectivity index (χ3n) is 11.7. The number of benzene rings is 10.